The highest BCUT2D eigenvalue weighted by Gasteiger charge is 2.44. The topological polar surface area (TPSA) is 178 Å². The van der Waals surface area contributed by atoms with Gasteiger partial charge in [0.15, 0.2) is 5.75 Å². The molecule has 17 heteroatoms. The minimum atomic E-state index is -0.968. The molecule has 0 spiro atoms. The summed E-state index contributed by atoms with van der Waals surface area (Å²) in [6, 6.07) is 26.7. The molecule has 0 radical (unpaired) electrons. The molecule has 3 heterocycles. The number of carbonyl (C=O) groups excluding carboxylic acids is 3. The van der Waals surface area contributed by atoms with E-state index < -0.39 is 35.4 Å². The van der Waals surface area contributed by atoms with Crippen molar-refractivity contribution in [2.75, 3.05) is 52.8 Å². The van der Waals surface area contributed by atoms with E-state index in [2.05, 4.69) is 31.5 Å². The van der Waals surface area contributed by atoms with Gasteiger partial charge in [-0.1, -0.05) is 73.1 Å². The Morgan fingerprint density at radius 3 is 2.16 bits per heavy atom. The normalized spacial score (nSPS) is 15.4. The molecule has 3 atom stereocenters. The fourth-order valence-corrected chi connectivity index (χ4v) is 9.73. The van der Waals surface area contributed by atoms with E-state index in [1.807, 2.05) is 112 Å². The van der Waals surface area contributed by atoms with Crippen molar-refractivity contribution in [1.82, 2.24) is 20.5 Å². The number of benzene rings is 4. The van der Waals surface area contributed by atoms with Crippen LogP contribution in [0.25, 0.3) is 31.0 Å². The molecule has 0 bridgehead atoms. The molecule has 1 unspecified atom stereocenters. The average Bonchev–Trinajstić information content (AvgIpc) is 4.03. The molecule has 6 aromatic rings. The fourth-order valence-electron chi connectivity index (χ4n) is 7.48. The first-order chi connectivity index (χ1) is 32.2. The number of halogens is 1. The monoisotopic (exact) mass is 1010 g/mol. The van der Waals surface area contributed by atoms with Crippen LogP contribution in [0.15, 0.2) is 101 Å². The van der Waals surface area contributed by atoms with Gasteiger partial charge < -0.3 is 49.4 Å². The number of aromatic nitrogens is 1. The summed E-state index contributed by atoms with van der Waals surface area (Å²) < 4.78 is 31.0. The Labute approximate surface area is 406 Å². The first kappa shape index (κ1) is 49.5. The van der Waals surface area contributed by atoms with E-state index in [9.17, 15) is 24.6 Å². The summed E-state index contributed by atoms with van der Waals surface area (Å²) in [5.41, 5.74) is 5.02. The van der Waals surface area contributed by atoms with Crippen LogP contribution in [0.3, 0.4) is 0 Å². The lowest BCUT2D eigenvalue weighted by Gasteiger charge is -2.35. The van der Waals surface area contributed by atoms with E-state index in [1.54, 1.807) is 34.8 Å². The Kier molecular flexibility index (Phi) is 17.0. The van der Waals surface area contributed by atoms with Gasteiger partial charge in [0.25, 0.3) is 0 Å². The number of carbonyl (C=O) groups is 3. The molecule has 1 aliphatic rings. The minimum Gasteiger partial charge on any atom is -0.508 e. The van der Waals surface area contributed by atoms with E-state index >= 15 is 0 Å². The number of amides is 3. The molecule has 2 aromatic heterocycles. The minimum absolute atomic E-state index is 0.0183. The number of ether oxygens (including phenoxy) is 5. The maximum absolute atomic E-state index is 13.9. The zero-order chi connectivity index (χ0) is 47.5. The van der Waals surface area contributed by atoms with Crippen LogP contribution in [-0.2, 0) is 35.1 Å². The molecule has 1 aliphatic heterocycles. The summed E-state index contributed by atoms with van der Waals surface area (Å²) in [7, 11) is 0. The maximum atomic E-state index is 13.9. The second-order valence-electron chi connectivity index (χ2n) is 17.1. The van der Waals surface area contributed by atoms with Gasteiger partial charge in [0.2, 0.25) is 17.7 Å². The van der Waals surface area contributed by atoms with Crippen LogP contribution in [-0.4, -0.2) is 109 Å². The Bertz CT molecular complexity index is 2600. The lowest BCUT2D eigenvalue weighted by Crippen LogP contribution is -2.58. The lowest BCUT2D eigenvalue weighted by atomic mass is 9.85. The summed E-state index contributed by atoms with van der Waals surface area (Å²) in [5, 5.41) is 27.2. The van der Waals surface area contributed by atoms with Crippen LogP contribution in [0.1, 0.15) is 38.4 Å². The highest BCUT2D eigenvalue weighted by Crippen LogP contribution is 2.47. The Morgan fingerprint density at radius 2 is 1.49 bits per heavy atom. The largest absolute Gasteiger partial charge is 0.508 e. The number of nitrogens with one attached hydrogen (secondary N) is 2. The first-order valence-corrected chi connectivity index (χ1v) is 24.4. The molecule has 3 amide bonds. The molecule has 1 saturated heterocycles. The number of aliphatic hydroxyl groups excluding tert-OH is 1. The Hall–Kier alpha value is -5.40. The molecule has 67 heavy (non-hydrogen) atoms. The second kappa shape index (κ2) is 23.1. The van der Waals surface area contributed by atoms with E-state index in [-0.39, 0.29) is 51.0 Å². The SMILES string of the molecule is Cc1ncsc1-c1ccc(CNC(=O)[C@@H]2C[C@@H](O)CN2C(=O)C(NC(=O)COCCOCCOCCOc2ccc(Oc3c(-c4ccc(Br)cc4)sc4cc(O)ccc34)cc2)C(C)(C)C)cc1. The van der Waals surface area contributed by atoms with Gasteiger partial charge in [0.05, 0.1) is 60.1 Å². The quantitative estimate of drug-likeness (QED) is 0.0509. The van der Waals surface area contributed by atoms with Crippen LogP contribution >= 0.6 is 38.6 Å². The van der Waals surface area contributed by atoms with E-state index in [4.69, 9.17) is 23.7 Å². The Balaban J connectivity index is 0.771. The number of rotatable bonds is 21. The highest BCUT2D eigenvalue weighted by atomic mass is 79.9. The van der Waals surface area contributed by atoms with Crippen molar-refractivity contribution in [3.8, 4) is 43.9 Å². The number of hydrogen-bond acceptors (Lipinski definition) is 13. The number of aliphatic hydroxyl groups is 1. The third-order valence-corrected chi connectivity index (χ3v) is 13.7. The van der Waals surface area contributed by atoms with Gasteiger partial charge in [0, 0.05) is 34.1 Å². The van der Waals surface area contributed by atoms with Crippen molar-refractivity contribution in [2.24, 2.45) is 5.41 Å². The molecule has 4 N–H and O–H groups in total. The number of thiophene rings is 1. The summed E-state index contributed by atoms with van der Waals surface area (Å²) in [5.74, 6) is 0.926. The van der Waals surface area contributed by atoms with E-state index in [1.165, 1.54) is 4.90 Å². The number of fused-ring (bicyclic) bond motifs is 1. The van der Waals surface area contributed by atoms with Gasteiger partial charge in [0.1, 0.15) is 42.5 Å². The third kappa shape index (κ3) is 13.4. The molecule has 354 valence electrons. The third-order valence-electron chi connectivity index (χ3n) is 11.0. The van der Waals surface area contributed by atoms with Gasteiger partial charge in [-0.2, -0.15) is 0 Å². The van der Waals surface area contributed by atoms with Gasteiger partial charge >= 0.3 is 0 Å². The van der Waals surface area contributed by atoms with Gasteiger partial charge in [-0.3, -0.25) is 14.4 Å². The van der Waals surface area contributed by atoms with Crippen molar-refractivity contribution in [2.45, 2.75) is 58.8 Å². The van der Waals surface area contributed by atoms with Crippen LogP contribution in [0.2, 0.25) is 0 Å². The smallest absolute Gasteiger partial charge is 0.246 e. The molecule has 1 fully saturated rings. The Morgan fingerprint density at radius 1 is 0.851 bits per heavy atom. The molecule has 7 rings (SSSR count). The molecule has 4 aromatic carbocycles. The van der Waals surface area contributed by atoms with Crippen molar-refractivity contribution < 1.29 is 48.3 Å². The van der Waals surface area contributed by atoms with Crippen molar-refractivity contribution in [3.05, 3.63) is 112 Å². The first-order valence-electron chi connectivity index (χ1n) is 21.9. The molecule has 0 saturated carbocycles. The number of aryl methyl sites for hydroxylation is 1. The summed E-state index contributed by atoms with van der Waals surface area (Å²) >= 11 is 6.63. The van der Waals surface area contributed by atoms with Crippen molar-refractivity contribution in [1.29, 1.82) is 0 Å². The number of phenolic OH excluding ortho intramolecular Hbond substituents is 1. The number of hydrogen-bond donors (Lipinski definition) is 4. The lowest BCUT2D eigenvalue weighted by molar-refractivity contribution is -0.144. The predicted octanol–water partition coefficient (Wildman–Crippen LogP) is 8.50. The van der Waals surface area contributed by atoms with Gasteiger partial charge in [-0.15, -0.1) is 22.7 Å². The average molecular weight is 1020 g/mol. The van der Waals surface area contributed by atoms with Crippen LogP contribution < -0.4 is 20.1 Å². The molecular weight excluding hydrogens is 961 g/mol. The molecular formula is C50H55BrN4O10S2. The fraction of sp³-hybridized carbons (Fsp3) is 0.360. The van der Waals surface area contributed by atoms with Crippen molar-refractivity contribution >= 4 is 66.4 Å². The summed E-state index contributed by atoms with van der Waals surface area (Å²) in [6.07, 6.45) is -0.778. The second-order valence-corrected chi connectivity index (χ2v) is 19.9. The van der Waals surface area contributed by atoms with Crippen molar-refractivity contribution in [3.63, 3.8) is 0 Å². The zero-order valence-electron chi connectivity index (χ0n) is 37.8. The number of β-amino-alcohol motifs (C(OH)–C–C–N with tert-alkyl or cyclic N) is 1. The van der Waals surface area contributed by atoms with Crippen LogP contribution in [0.4, 0.5) is 0 Å². The molecule has 14 nitrogen and oxygen atoms in total. The number of likely N-dealkylation sites (tertiary alicyclic amines) is 1. The standard InChI is InChI=1S/C50H55BrN4O10S2/c1-31-45(66-30-53-31)33-7-5-32(6-8-33)27-52-48(59)41-25-37(57)28-55(41)49(60)47(50(2,3)4)54-43(58)29-63-22-21-61-19-20-62-23-24-64-38-14-16-39(17-15-38)65-44-40-18-13-36(56)26-42(40)67-46(44)34-9-11-35(51)12-10-34/h5-18,26,30,37,41,47,56-57H,19-25,27-29H2,1-4H3,(H,52,59)(H,54,58)/t37-,41+,47?/m1/s1. The van der Waals surface area contributed by atoms with Gasteiger partial charge in [-0.05, 0) is 83.6 Å². The van der Waals surface area contributed by atoms with E-state index in [0.717, 1.165) is 52.4 Å². The number of aromatic hydroxyl groups is 1. The highest BCUT2D eigenvalue weighted by molar-refractivity contribution is 9.10. The summed E-state index contributed by atoms with van der Waals surface area (Å²) in [4.78, 5) is 48.1. The zero-order valence-corrected chi connectivity index (χ0v) is 41.0. The van der Waals surface area contributed by atoms with Crippen LogP contribution in [0, 0.1) is 12.3 Å². The summed E-state index contributed by atoms with van der Waals surface area (Å²) in [6.45, 7) is 9.11. The van der Waals surface area contributed by atoms with E-state index in [0.29, 0.717) is 37.9 Å². The maximum Gasteiger partial charge on any atom is 0.246 e. The number of phenols is 1. The van der Waals surface area contributed by atoms with Gasteiger partial charge in [-0.25, -0.2) is 4.98 Å². The molecule has 0 aliphatic carbocycles. The van der Waals surface area contributed by atoms with Crippen LogP contribution in [0.5, 0.6) is 23.0 Å². The number of thiazole rings is 1. The predicted molar refractivity (Wildman–Crippen MR) is 263 cm³/mol. The number of nitrogens with zero attached hydrogens (tertiary/aromatic N) is 2.